The van der Waals surface area contributed by atoms with Crippen LogP contribution in [0.25, 0.3) is 0 Å². The quantitative estimate of drug-likeness (QED) is 0.367. The smallest absolute Gasteiger partial charge is 0.303 e. The van der Waals surface area contributed by atoms with Crippen molar-refractivity contribution in [3.05, 3.63) is 35.6 Å². The van der Waals surface area contributed by atoms with Crippen molar-refractivity contribution in [3.63, 3.8) is 0 Å². The minimum absolute atomic E-state index is 0.0663. The van der Waals surface area contributed by atoms with Crippen LogP contribution in [0.5, 0.6) is 0 Å². The second-order valence-corrected chi connectivity index (χ2v) is 3.25. The second kappa shape index (κ2) is 5.85. The lowest BCUT2D eigenvalue weighted by molar-refractivity contribution is -0.139. The lowest BCUT2D eigenvalue weighted by Crippen LogP contribution is -2.14. The number of nitrogens with zero attached hydrogens (tertiary/aromatic N) is 1. The maximum absolute atomic E-state index is 12.6. The summed E-state index contributed by atoms with van der Waals surface area (Å²) in [5.74, 6) is -0.772. The number of rotatable bonds is 4. The van der Waals surface area contributed by atoms with Gasteiger partial charge in [-0.05, 0) is 17.7 Å². The van der Waals surface area contributed by atoms with Gasteiger partial charge < -0.3 is 9.94 Å². The molecule has 0 aliphatic heterocycles. The summed E-state index contributed by atoms with van der Waals surface area (Å²) in [5, 5.41) is 11.7. The lowest BCUT2D eigenvalue weighted by atomic mass is 10.1. The molecule has 0 spiro atoms. The summed E-state index contributed by atoms with van der Waals surface area (Å²) in [4.78, 5) is 10.6. The van der Waals surface area contributed by atoms with Crippen LogP contribution < -0.4 is 0 Å². The molecule has 1 rings (SSSR count). The highest BCUT2D eigenvalue weighted by Gasteiger charge is 2.05. The van der Waals surface area contributed by atoms with Gasteiger partial charge in [0.15, 0.2) is 0 Å². The van der Waals surface area contributed by atoms with Gasteiger partial charge in [-0.25, -0.2) is 4.39 Å². The molecular weight excluding hydrogens is 213 g/mol. The van der Waals surface area contributed by atoms with Crippen LogP contribution in [0.1, 0.15) is 12.5 Å². The Morgan fingerprint density at radius 1 is 1.44 bits per heavy atom. The Hall–Kier alpha value is -1.91. The van der Waals surface area contributed by atoms with E-state index >= 15 is 0 Å². The van der Waals surface area contributed by atoms with Gasteiger partial charge in [-0.1, -0.05) is 17.3 Å². The first-order valence-electron chi connectivity index (χ1n) is 4.69. The number of benzene rings is 1. The zero-order valence-electron chi connectivity index (χ0n) is 8.81. The van der Waals surface area contributed by atoms with Crippen LogP contribution in [-0.2, 0) is 16.0 Å². The van der Waals surface area contributed by atoms with Gasteiger partial charge in [0.05, 0.1) is 5.71 Å². The molecule has 1 aromatic carbocycles. The molecule has 86 valence electrons. The van der Waals surface area contributed by atoms with Crippen LogP contribution >= 0.6 is 0 Å². The molecule has 0 fully saturated rings. The molecular formula is C11H12FNO3. The summed E-state index contributed by atoms with van der Waals surface area (Å²) < 4.78 is 17.3. The SMILES string of the molecule is CC(=O)OC/C(Cc1ccc(F)cc1)=N/O. The van der Waals surface area contributed by atoms with Gasteiger partial charge in [-0.2, -0.15) is 0 Å². The third kappa shape index (κ3) is 4.08. The molecule has 0 aliphatic carbocycles. The fraction of sp³-hybridized carbons (Fsp3) is 0.273. The zero-order chi connectivity index (χ0) is 12.0. The van der Waals surface area contributed by atoms with E-state index in [0.29, 0.717) is 12.1 Å². The third-order valence-electron chi connectivity index (χ3n) is 1.90. The Balaban J connectivity index is 2.57. The van der Waals surface area contributed by atoms with Crippen molar-refractivity contribution in [1.82, 2.24) is 0 Å². The van der Waals surface area contributed by atoms with E-state index in [0.717, 1.165) is 5.56 Å². The van der Waals surface area contributed by atoms with Gasteiger partial charge >= 0.3 is 5.97 Å². The summed E-state index contributed by atoms with van der Waals surface area (Å²) in [6.45, 7) is 1.20. The van der Waals surface area contributed by atoms with Crippen molar-refractivity contribution in [1.29, 1.82) is 0 Å². The number of carbonyl (C=O) groups is 1. The molecule has 0 heterocycles. The Morgan fingerprint density at radius 2 is 2.06 bits per heavy atom. The van der Waals surface area contributed by atoms with Gasteiger partial charge in [-0.3, -0.25) is 4.79 Å². The van der Waals surface area contributed by atoms with Gasteiger partial charge in [0, 0.05) is 13.3 Å². The first kappa shape index (κ1) is 12.2. The van der Waals surface area contributed by atoms with Gasteiger partial charge in [0.2, 0.25) is 0 Å². The van der Waals surface area contributed by atoms with Crippen molar-refractivity contribution in [2.45, 2.75) is 13.3 Å². The molecule has 0 aliphatic rings. The second-order valence-electron chi connectivity index (χ2n) is 3.25. The Kier molecular flexibility index (Phi) is 4.44. The van der Waals surface area contributed by atoms with Crippen molar-refractivity contribution in [3.8, 4) is 0 Å². The number of esters is 1. The number of carbonyl (C=O) groups excluding carboxylic acids is 1. The number of oxime groups is 1. The Bertz CT molecular complexity index is 387. The van der Waals surface area contributed by atoms with Gasteiger partial charge in [0.1, 0.15) is 12.4 Å². The van der Waals surface area contributed by atoms with E-state index in [4.69, 9.17) is 5.21 Å². The Labute approximate surface area is 92.3 Å². The molecule has 5 heteroatoms. The number of halogens is 1. The molecule has 4 nitrogen and oxygen atoms in total. The Morgan fingerprint density at radius 3 is 2.56 bits per heavy atom. The van der Waals surface area contributed by atoms with E-state index in [1.165, 1.54) is 19.1 Å². The van der Waals surface area contributed by atoms with Crippen LogP contribution in [0.15, 0.2) is 29.4 Å². The summed E-state index contributed by atoms with van der Waals surface area (Å²) in [7, 11) is 0. The largest absolute Gasteiger partial charge is 0.460 e. The van der Waals surface area contributed by atoms with Crippen molar-refractivity contribution in [2.75, 3.05) is 6.61 Å². The third-order valence-corrected chi connectivity index (χ3v) is 1.90. The normalized spacial score (nSPS) is 11.2. The molecule has 0 amide bonds. The van der Waals surface area contributed by atoms with E-state index in [1.807, 2.05) is 0 Å². The van der Waals surface area contributed by atoms with Crippen LogP contribution in [0.2, 0.25) is 0 Å². The molecule has 0 saturated heterocycles. The maximum Gasteiger partial charge on any atom is 0.303 e. The van der Waals surface area contributed by atoms with Crippen molar-refractivity contribution in [2.24, 2.45) is 5.16 Å². The van der Waals surface area contributed by atoms with Crippen LogP contribution in [0.4, 0.5) is 4.39 Å². The highest BCUT2D eigenvalue weighted by molar-refractivity contribution is 5.88. The predicted molar refractivity (Wildman–Crippen MR) is 56.0 cm³/mol. The highest BCUT2D eigenvalue weighted by Crippen LogP contribution is 2.04. The standard InChI is InChI=1S/C11H12FNO3/c1-8(14)16-7-11(13-15)6-9-2-4-10(12)5-3-9/h2-5,15H,6-7H2,1H3/b13-11+. The summed E-state index contributed by atoms with van der Waals surface area (Å²) in [6.07, 6.45) is 0.310. The number of ether oxygens (including phenoxy) is 1. The molecule has 16 heavy (non-hydrogen) atoms. The predicted octanol–water partition coefficient (Wildman–Crippen LogP) is 1.76. The average Bonchev–Trinajstić information content (AvgIpc) is 2.26. The van der Waals surface area contributed by atoms with Crippen LogP contribution in [0.3, 0.4) is 0 Å². The van der Waals surface area contributed by atoms with Crippen LogP contribution in [-0.4, -0.2) is 23.5 Å². The van der Waals surface area contributed by atoms with Crippen molar-refractivity contribution < 1.29 is 19.1 Å². The molecule has 0 saturated carbocycles. The van der Waals surface area contributed by atoms with E-state index in [9.17, 15) is 9.18 Å². The maximum atomic E-state index is 12.6. The molecule has 0 atom stereocenters. The van der Waals surface area contributed by atoms with E-state index in [2.05, 4.69) is 9.89 Å². The lowest BCUT2D eigenvalue weighted by Gasteiger charge is -2.04. The molecule has 0 bridgehead atoms. The molecule has 0 unspecified atom stereocenters. The van der Waals surface area contributed by atoms with E-state index < -0.39 is 5.97 Å². The minimum Gasteiger partial charge on any atom is -0.460 e. The highest BCUT2D eigenvalue weighted by atomic mass is 19.1. The first-order chi connectivity index (χ1) is 7.61. The van der Waals surface area contributed by atoms with Gasteiger partial charge in [-0.15, -0.1) is 0 Å². The summed E-state index contributed by atoms with van der Waals surface area (Å²) in [5.41, 5.74) is 1.09. The fourth-order valence-electron chi connectivity index (χ4n) is 1.14. The number of hydrogen-bond donors (Lipinski definition) is 1. The van der Waals surface area contributed by atoms with Gasteiger partial charge in [0.25, 0.3) is 0 Å². The average molecular weight is 225 g/mol. The summed E-state index contributed by atoms with van der Waals surface area (Å²) in [6, 6.07) is 5.79. The molecule has 0 aromatic heterocycles. The van der Waals surface area contributed by atoms with E-state index in [-0.39, 0.29) is 12.4 Å². The van der Waals surface area contributed by atoms with Crippen LogP contribution in [0, 0.1) is 5.82 Å². The molecule has 1 aromatic rings. The fourth-order valence-corrected chi connectivity index (χ4v) is 1.14. The first-order valence-corrected chi connectivity index (χ1v) is 4.69. The molecule has 0 radical (unpaired) electrons. The van der Waals surface area contributed by atoms with E-state index in [1.54, 1.807) is 12.1 Å². The number of hydrogen-bond acceptors (Lipinski definition) is 4. The molecule has 1 N–H and O–H groups in total. The van der Waals surface area contributed by atoms with Crippen molar-refractivity contribution >= 4 is 11.7 Å². The summed E-state index contributed by atoms with van der Waals surface area (Å²) >= 11 is 0. The monoisotopic (exact) mass is 225 g/mol. The topological polar surface area (TPSA) is 58.9 Å². The zero-order valence-corrected chi connectivity index (χ0v) is 8.81. The minimum atomic E-state index is -0.444.